The fourth-order valence-electron chi connectivity index (χ4n) is 1.13. The van der Waals surface area contributed by atoms with E-state index in [1.54, 1.807) is 0 Å². The van der Waals surface area contributed by atoms with Gasteiger partial charge in [-0.25, -0.2) is 9.38 Å². The molecule has 0 bridgehead atoms. The van der Waals surface area contributed by atoms with Gasteiger partial charge in [-0.1, -0.05) is 0 Å². The summed E-state index contributed by atoms with van der Waals surface area (Å²) in [5.41, 5.74) is 15.4. The minimum absolute atomic E-state index is 0.0179. The molecule has 0 aliphatic heterocycles. The molecule has 0 saturated heterocycles. The Kier molecular flexibility index (Phi) is 4.73. The van der Waals surface area contributed by atoms with Gasteiger partial charge in [0.2, 0.25) is 5.96 Å². The summed E-state index contributed by atoms with van der Waals surface area (Å²) >= 11 is 0. The van der Waals surface area contributed by atoms with Crippen LogP contribution in [-0.2, 0) is 0 Å². The summed E-state index contributed by atoms with van der Waals surface area (Å²) in [5, 5.41) is 0. The van der Waals surface area contributed by atoms with E-state index in [9.17, 15) is 17.6 Å². The molecule has 6 nitrogen and oxygen atoms in total. The highest BCUT2D eigenvalue weighted by atomic mass is 19.4. The van der Waals surface area contributed by atoms with E-state index in [0.717, 1.165) is 12.1 Å². The number of ether oxygens (including phenoxy) is 1. The second-order valence-corrected chi connectivity index (χ2v) is 3.53. The molecule has 110 valence electrons. The fraction of sp³-hybridized carbons (Fsp3) is 0.200. The molecule has 0 amide bonds. The number of hydrogen-bond acceptors (Lipinski definition) is 2. The lowest BCUT2D eigenvalue weighted by Gasteiger charge is -2.09. The van der Waals surface area contributed by atoms with Crippen molar-refractivity contribution in [2.75, 3.05) is 6.61 Å². The molecule has 0 aromatic heterocycles. The summed E-state index contributed by atoms with van der Waals surface area (Å²) in [5.74, 6) is -2.24. The Morgan fingerprint density at radius 2 is 1.85 bits per heavy atom. The molecule has 0 aliphatic carbocycles. The van der Waals surface area contributed by atoms with Gasteiger partial charge in [-0.05, 0) is 12.1 Å². The highest BCUT2D eigenvalue weighted by Crippen LogP contribution is 2.25. The summed E-state index contributed by atoms with van der Waals surface area (Å²) in [4.78, 5) is 7.03. The van der Waals surface area contributed by atoms with Crippen molar-refractivity contribution < 1.29 is 22.3 Å². The highest BCUT2D eigenvalue weighted by Gasteiger charge is 2.28. The van der Waals surface area contributed by atoms with Gasteiger partial charge in [0.15, 0.2) is 24.1 Å². The van der Waals surface area contributed by atoms with Crippen molar-refractivity contribution in [2.24, 2.45) is 27.2 Å². The van der Waals surface area contributed by atoms with Crippen LogP contribution in [0.5, 0.6) is 5.75 Å². The maximum absolute atomic E-state index is 13.5. The Labute approximate surface area is 110 Å². The van der Waals surface area contributed by atoms with Crippen molar-refractivity contribution in [3.8, 4) is 5.75 Å². The van der Waals surface area contributed by atoms with E-state index in [1.807, 2.05) is 0 Å². The Balaban J connectivity index is 2.86. The van der Waals surface area contributed by atoms with Crippen molar-refractivity contribution in [3.63, 3.8) is 0 Å². The number of halogens is 4. The standard InChI is InChI=1S/C10H11F4N5O/c11-6-3-5(18-9(17)19-8(15)16)1-2-7(6)20-4-10(12,13)14/h1-3H,4H2,(H6,15,16,17,18,19). The number of rotatable bonds is 3. The average molecular weight is 293 g/mol. The van der Waals surface area contributed by atoms with Crippen LogP contribution in [0.3, 0.4) is 0 Å². The average Bonchev–Trinajstić information content (AvgIpc) is 2.25. The van der Waals surface area contributed by atoms with Gasteiger partial charge in [0.05, 0.1) is 5.69 Å². The quantitative estimate of drug-likeness (QED) is 0.438. The third kappa shape index (κ3) is 5.42. The van der Waals surface area contributed by atoms with Crippen molar-refractivity contribution in [1.82, 2.24) is 0 Å². The van der Waals surface area contributed by atoms with Crippen molar-refractivity contribution >= 4 is 17.6 Å². The smallest absolute Gasteiger partial charge is 0.422 e. The zero-order valence-electron chi connectivity index (χ0n) is 9.99. The van der Waals surface area contributed by atoms with Crippen molar-refractivity contribution in [2.45, 2.75) is 6.18 Å². The van der Waals surface area contributed by atoms with Crippen LogP contribution < -0.4 is 21.9 Å². The number of alkyl halides is 3. The largest absolute Gasteiger partial charge is 0.481 e. The SMILES string of the molecule is NC(N)=NC(N)=Nc1ccc(OCC(F)(F)F)c(F)c1. The number of nitrogens with two attached hydrogens (primary N) is 3. The van der Waals surface area contributed by atoms with Crippen LogP contribution in [0.2, 0.25) is 0 Å². The number of nitrogens with zero attached hydrogens (tertiary/aromatic N) is 2. The van der Waals surface area contributed by atoms with Crippen molar-refractivity contribution in [3.05, 3.63) is 24.0 Å². The van der Waals surface area contributed by atoms with Crippen LogP contribution in [-0.4, -0.2) is 24.7 Å². The molecule has 0 unspecified atom stereocenters. The summed E-state index contributed by atoms with van der Waals surface area (Å²) in [6, 6.07) is 3.02. The van der Waals surface area contributed by atoms with Gasteiger partial charge in [-0.2, -0.15) is 18.2 Å². The molecule has 0 fully saturated rings. The molecule has 1 aromatic carbocycles. The van der Waals surface area contributed by atoms with Crippen LogP contribution in [0.1, 0.15) is 0 Å². The minimum Gasteiger partial charge on any atom is -0.481 e. The Morgan fingerprint density at radius 1 is 1.20 bits per heavy atom. The van der Waals surface area contributed by atoms with E-state index < -0.39 is 24.3 Å². The van der Waals surface area contributed by atoms with E-state index in [-0.39, 0.29) is 17.6 Å². The molecule has 20 heavy (non-hydrogen) atoms. The predicted octanol–water partition coefficient (Wildman–Crippen LogP) is 0.986. The molecule has 0 aliphatic rings. The monoisotopic (exact) mass is 293 g/mol. The van der Waals surface area contributed by atoms with Crippen LogP contribution in [0.4, 0.5) is 23.2 Å². The second kappa shape index (κ2) is 6.08. The molecule has 0 spiro atoms. The first-order valence-electron chi connectivity index (χ1n) is 5.10. The van der Waals surface area contributed by atoms with E-state index in [2.05, 4.69) is 14.7 Å². The molecule has 0 atom stereocenters. The molecule has 1 aromatic rings. The van der Waals surface area contributed by atoms with E-state index in [1.165, 1.54) is 6.07 Å². The van der Waals surface area contributed by atoms with Gasteiger partial charge in [0, 0.05) is 6.07 Å². The third-order valence-corrected chi connectivity index (χ3v) is 1.79. The maximum Gasteiger partial charge on any atom is 0.422 e. The van der Waals surface area contributed by atoms with Gasteiger partial charge in [-0.15, -0.1) is 0 Å². The summed E-state index contributed by atoms with van der Waals surface area (Å²) in [6.07, 6.45) is -4.55. The van der Waals surface area contributed by atoms with E-state index in [4.69, 9.17) is 17.2 Å². The molecular formula is C10H11F4N5O. The van der Waals surface area contributed by atoms with Gasteiger partial charge in [0.1, 0.15) is 0 Å². The molecule has 0 saturated carbocycles. The van der Waals surface area contributed by atoms with Crippen LogP contribution in [0, 0.1) is 5.82 Å². The highest BCUT2D eigenvalue weighted by molar-refractivity contribution is 5.93. The third-order valence-electron chi connectivity index (χ3n) is 1.79. The fourth-order valence-corrected chi connectivity index (χ4v) is 1.13. The van der Waals surface area contributed by atoms with Crippen molar-refractivity contribution in [1.29, 1.82) is 0 Å². The first-order valence-corrected chi connectivity index (χ1v) is 5.10. The lowest BCUT2D eigenvalue weighted by Crippen LogP contribution is -2.26. The van der Waals surface area contributed by atoms with Crippen LogP contribution in [0.25, 0.3) is 0 Å². The van der Waals surface area contributed by atoms with Crippen LogP contribution >= 0.6 is 0 Å². The molecule has 0 radical (unpaired) electrons. The molecule has 0 heterocycles. The minimum atomic E-state index is -4.55. The van der Waals surface area contributed by atoms with Gasteiger partial charge in [-0.3, -0.25) is 0 Å². The summed E-state index contributed by atoms with van der Waals surface area (Å²) < 4.78 is 53.5. The zero-order valence-corrected chi connectivity index (χ0v) is 9.99. The normalized spacial score (nSPS) is 12.1. The Bertz CT molecular complexity index is 537. The molecule has 10 heteroatoms. The number of hydrogen-bond donors (Lipinski definition) is 3. The lowest BCUT2D eigenvalue weighted by molar-refractivity contribution is -0.153. The number of guanidine groups is 2. The number of benzene rings is 1. The van der Waals surface area contributed by atoms with Gasteiger partial charge < -0.3 is 21.9 Å². The summed E-state index contributed by atoms with van der Waals surface area (Å²) in [7, 11) is 0. The first kappa shape index (κ1) is 15.5. The van der Waals surface area contributed by atoms with E-state index in [0.29, 0.717) is 0 Å². The summed E-state index contributed by atoms with van der Waals surface area (Å²) in [6.45, 7) is -1.59. The number of aliphatic imine (C=N–C) groups is 2. The predicted molar refractivity (Wildman–Crippen MR) is 65.0 cm³/mol. The lowest BCUT2D eigenvalue weighted by atomic mass is 10.3. The molecule has 1 rings (SSSR count). The van der Waals surface area contributed by atoms with E-state index >= 15 is 0 Å². The van der Waals surface area contributed by atoms with Crippen LogP contribution in [0.15, 0.2) is 28.2 Å². The second-order valence-electron chi connectivity index (χ2n) is 3.53. The van der Waals surface area contributed by atoms with Gasteiger partial charge >= 0.3 is 6.18 Å². The Morgan fingerprint density at radius 3 is 2.35 bits per heavy atom. The molecular weight excluding hydrogens is 282 g/mol. The molecule has 6 N–H and O–H groups in total. The topological polar surface area (TPSA) is 112 Å². The maximum atomic E-state index is 13.5. The van der Waals surface area contributed by atoms with Gasteiger partial charge in [0.25, 0.3) is 0 Å². The Hall–Kier alpha value is -2.52. The zero-order chi connectivity index (χ0) is 15.3. The first-order chi connectivity index (χ1) is 9.17.